The van der Waals surface area contributed by atoms with Crippen molar-refractivity contribution in [3.05, 3.63) is 64.2 Å². The molecule has 0 atom stereocenters. The summed E-state index contributed by atoms with van der Waals surface area (Å²) in [5, 5.41) is 11.4. The SMILES string of the molecule is Cc1c(CN(C)C(=O)/C=C/c2cnc3c(c2)CC2(CCN(C)CC2)C(=O)N3)sc2ccccc12.O=C(O)C(F)(F)F. The van der Waals surface area contributed by atoms with Crippen LogP contribution in [0.4, 0.5) is 19.0 Å². The van der Waals surface area contributed by atoms with E-state index < -0.39 is 12.1 Å². The summed E-state index contributed by atoms with van der Waals surface area (Å²) in [6, 6.07) is 10.4. The Balaban J connectivity index is 0.000000493. The van der Waals surface area contributed by atoms with Gasteiger partial charge < -0.3 is 20.2 Å². The maximum atomic E-state index is 12.8. The van der Waals surface area contributed by atoms with Crippen LogP contribution in [0, 0.1) is 12.3 Å². The molecule has 1 fully saturated rings. The first-order chi connectivity index (χ1) is 19.3. The molecule has 0 aliphatic carbocycles. The number of aromatic nitrogens is 1. The number of carboxylic acids is 1. The Bertz CT molecular complexity index is 1490. The Hall–Kier alpha value is -3.77. The highest BCUT2D eigenvalue weighted by Gasteiger charge is 2.44. The number of hydrogen-bond acceptors (Lipinski definition) is 6. The standard InChI is InChI=1S/C27H30N4O2S.C2HF3O2/c1-18-21-6-4-5-7-22(21)34-23(18)17-31(3)24(32)9-8-19-14-20-15-27(10-12-30(2)13-11-27)26(33)29-25(20)28-16-19;3-2(4,5)1(6)7/h4-9,14,16H,10-13,15,17H2,1-3H3,(H,28,29,33);(H,6,7)/b9-8+;. The van der Waals surface area contributed by atoms with Gasteiger partial charge in [0.15, 0.2) is 0 Å². The first-order valence-electron chi connectivity index (χ1n) is 13.0. The summed E-state index contributed by atoms with van der Waals surface area (Å²) in [6.07, 6.45) is 2.48. The van der Waals surface area contributed by atoms with Crippen LogP contribution in [0.1, 0.15) is 34.4 Å². The number of aliphatic carboxylic acids is 1. The van der Waals surface area contributed by atoms with Crippen molar-refractivity contribution in [1.82, 2.24) is 14.8 Å². The lowest BCUT2D eigenvalue weighted by molar-refractivity contribution is -0.192. The highest BCUT2D eigenvalue weighted by molar-refractivity contribution is 7.19. The van der Waals surface area contributed by atoms with Crippen LogP contribution in [0.25, 0.3) is 16.2 Å². The number of hydrogen-bond donors (Lipinski definition) is 2. The molecule has 1 spiro atoms. The molecular weight excluding hydrogens is 557 g/mol. The summed E-state index contributed by atoms with van der Waals surface area (Å²) in [4.78, 5) is 44.2. The van der Waals surface area contributed by atoms with Gasteiger partial charge in [-0.25, -0.2) is 9.78 Å². The zero-order valence-corrected chi connectivity index (χ0v) is 23.7. The molecule has 1 saturated heterocycles. The summed E-state index contributed by atoms with van der Waals surface area (Å²) >= 11 is 1.74. The average molecular weight is 589 g/mol. The number of nitrogens with zero attached hydrogens (tertiary/aromatic N) is 3. The zero-order valence-electron chi connectivity index (χ0n) is 22.9. The molecular formula is C29H31F3N4O4S. The number of likely N-dealkylation sites (N-methyl/N-ethyl adjacent to an activating group) is 1. The number of alkyl halides is 3. The molecule has 12 heteroatoms. The van der Waals surface area contributed by atoms with Crippen molar-refractivity contribution in [2.75, 3.05) is 32.5 Å². The quantitative estimate of drug-likeness (QED) is 0.411. The van der Waals surface area contributed by atoms with Crippen molar-refractivity contribution in [2.45, 2.75) is 38.9 Å². The number of halogens is 3. The molecule has 41 heavy (non-hydrogen) atoms. The van der Waals surface area contributed by atoms with Crippen LogP contribution in [0.15, 0.2) is 42.6 Å². The molecule has 0 unspecified atom stereocenters. The van der Waals surface area contributed by atoms with Crippen LogP contribution in [0.5, 0.6) is 0 Å². The van der Waals surface area contributed by atoms with Crippen LogP contribution >= 0.6 is 11.3 Å². The van der Waals surface area contributed by atoms with Crippen LogP contribution in [0.3, 0.4) is 0 Å². The van der Waals surface area contributed by atoms with Gasteiger partial charge in [-0.3, -0.25) is 9.59 Å². The van der Waals surface area contributed by atoms with Gasteiger partial charge in [-0.15, -0.1) is 11.3 Å². The van der Waals surface area contributed by atoms with Crippen molar-refractivity contribution in [3.63, 3.8) is 0 Å². The fourth-order valence-corrected chi connectivity index (χ4v) is 6.23. The highest BCUT2D eigenvalue weighted by Crippen LogP contribution is 2.41. The molecule has 5 rings (SSSR count). The maximum Gasteiger partial charge on any atom is 0.490 e. The number of benzene rings is 1. The number of rotatable bonds is 4. The third kappa shape index (κ3) is 6.94. The Morgan fingerprint density at radius 1 is 1.24 bits per heavy atom. The van der Waals surface area contributed by atoms with Gasteiger partial charge in [0, 0.05) is 28.9 Å². The van der Waals surface area contributed by atoms with Gasteiger partial charge in [0.25, 0.3) is 0 Å². The number of carbonyl (C=O) groups is 3. The van der Waals surface area contributed by atoms with Crippen LogP contribution in [0.2, 0.25) is 0 Å². The van der Waals surface area contributed by atoms with E-state index in [1.807, 2.05) is 19.2 Å². The van der Waals surface area contributed by atoms with Gasteiger partial charge in [0.05, 0.1) is 12.0 Å². The van der Waals surface area contributed by atoms with Crippen LogP contribution in [-0.4, -0.2) is 71.0 Å². The van der Waals surface area contributed by atoms with E-state index in [2.05, 4.69) is 53.4 Å². The number of nitrogens with one attached hydrogen (secondary N) is 1. The minimum Gasteiger partial charge on any atom is -0.475 e. The summed E-state index contributed by atoms with van der Waals surface area (Å²) in [5.74, 6) is -2.06. The smallest absolute Gasteiger partial charge is 0.475 e. The van der Waals surface area contributed by atoms with Crippen LogP contribution < -0.4 is 5.32 Å². The number of fused-ring (bicyclic) bond motifs is 2. The molecule has 0 radical (unpaired) electrons. The van der Waals surface area contributed by atoms with E-state index in [-0.39, 0.29) is 17.2 Å². The number of aryl methyl sites for hydroxylation is 1. The summed E-state index contributed by atoms with van der Waals surface area (Å²) in [6.45, 7) is 4.56. The summed E-state index contributed by atoms with van der Waals surface area (Å²) in [5.41, 5.74) is 2.82. The molecule has 8 nitrogen and oxygen atoms in total. The van der Waals surface area contributed by atoms with E-state index in [1.165, 1.54) is 20.5 Å². The minimum atomic E-state index is -5.08. The molecule has 0 saturated carbocycles. The topological polar surface area (TPSA) is 103 Å². The zero-order chi connectivity index (χ0) is 29.9. The second kappa shape index (κ2) is 12.0. The number of carboxylic acid groups (broad SMARTS) is 1. The molecule has 2 aliphatic rings. The average Bonchev–Trinajstić information content (AvgIpc) is 3.24. The van der Waals surface area contributed by atoms with Gasteiger partial charge in [-0.05, 0) is 86.6 Å². The fraction of sp³-hybridized carbons (Fsp3) is 0.379. The Labute approximate surface area is 239 Å². The number of amides is 2. The Morgan fingerprint density at radius 3 is 2.54 bits per heavy atom. The van der Waals surface area contributed by atoms with E-state index in [1.54, 1.807) is 28.5 Å². The van der Waals surface area contributed by atoms with Crippen LogP contribution in [-0.2, 0) is 27.3 Å². The second-order valence-electron chi connectivity index (χ2n) is 10.5. The highest BCUT2D eigenvalue weighted by atomic mass is 32.1. The number of pyridine rings is 1. The molecule has 1 aromatic carbocycles. The van der Waals surface area contributed by atoms with Gasteiger partial charge in [-0.1, -0.05) is 18.2 Å². The first kappa shape index (κ1) is 30.2. The lowest BCUT2D eigenvalue weighted by atomic mass is 9.71. The Kier molecular flexibility index (Phi) is 8.83. The third-order valence-corrected chi connectivity index (χ3v) is 8.79. The second-order valence-corrected chi connectivity index (χ2v) is 11.6. The first-order valence-corrected chi connectivity index (χ1v) is 13.8. The van der Waals surface area contributed by atoms with Gasteiger partial charge >= 0.3 is 12.1 Å². The monoisotopic (exact) mass is 588 g/mol. The number of anilines is 1. The van der Waals surface area contributed by atoms with Crippen molar-refractivity contribution in [3.8, 4) is 0 Å². The molecule has 2 amide bonds. The van der Waals surface area contributed by atoms with Crippen molar-refractivity contribution in [2.24, 2.45) is 5.41 Å². The van der Waals surface area contributed by atoms with Crippen molar-refractivity contribution in [1.29, 1.82) is 0 Å². The summed E-state index contributed by atoms with van der Waals surface area (Å²) in [7, 11) is 3.93. The normalized spacial score (nSPS) is 16.7. The van der Waals surface area contributed by atoms with Crippen molar-refractivity contribution < 1.29 is 32.7 Å². The third-order valence-electron chi connectivity index (χ3n) is 7.53. The van der Waals surface area contributed by atoms with E-state index in [0.29, 0.717) is 18.8 Å². The number of piperidine rings is 1. The molecule has 2 aromatic heterocycles. The van der Waals surface area contributed by atoms with E-state index in [0.717, 1.165) is 37.1 Å². The molecule has 3 aromatic rings. The van der Waals surface area contributed by atoms with Gasteiger partial charge in [-0.2, -0.15) is 13.2 Å². The van der Waals surface area contributed by atoms with E-state index >= 15 is 0 Å². The molecule has 0 bridgehead atoms. The van der Waals surface area contributed by atoms with E-state index in [9.17, 15) is 22.8 Å². The fourth-order valence-electron chi connectivity index (χ4n) is 4.97. The number of thiophene rings is 1. The molecule has 2 N–H and O–H groups in total. The van der Waals surface area contributed by atoms with Gasteiger partial charge in [0.2, 0.25) is 11.8 Å². The van der Waals surface area contributed by atoms with E-state index in [4.69, 9.17) is 9.90 Å². The lowest BCUT2D eigenvalue weighted by Crippen LogP contribution is -2.49. The minimum absolute atomic E-state index is 0.0466. The number of carbonyl (C=O) groups excluding carboxylic acids is 2. The van der Waals surface area contributed by atoms with Crippen molar-refractivity contribution >= 4 is 51.1 Å². The van der Waals surface area contributed by atoms with Gasteiger partial charge in [0.1, 0.15) is 5.82 Å². The maximum absolute atomic E-state index is 12.8. The predicted octanol–water partition coefficient (Wildman–Crippen LogP) is 5.12. The number of likely N-dealkylation sites (tertiary alicyclic amines) is 1. The largest absolute Gasteiger partial charge is 0.490 e. The summed E-state index contributed by atoms with van der Waals surface area (Å²) < 4.78 is 33.0. The molecule has 2 aliphatic heterocycles. The molecule has 218 valence electrons. The predicted molar refractivity (Wildman–Crippen MR) is 151 cm³/mol. The lowest BCUT2D eigenvalue weighted by Gasteiger charge is -2.42. The molecule has 4 heterocycles. The Morgan fingerprint density at radius 2 is 1.90 bits per heavy atom.